The Labute approximate surface area is 167 Å². The van der Waals surface area contributed by atoms with E-state index >= 15 is 0 Å². The predicted molar refractivity (Wildman–Crippen MR) is 112 cm³/mol. The van der Waals surface area contributed by atoms with Crippen molar-refractivity contribution in [3.63, 3.8) is 0 Å². The molecule has 0 aliphatic rings. The molecule has 0 unspecified atom stereocenters. The van der Waals surface area contributed by atoms with Crippen molar-refractivity contribution in [3.05, 3.63) is 67.0 Å². The Kier molecular flexibility index (Phi) is 5.34. The number of benzene rings is 2. The Balaban J connectivity index is 1.55. The molecule has 0 aliphatic carbocycles. The van der Waals surface area contributed by atoms with Crippen LogP contribution in [0.5, 0.6) is 0 Å². The highest BCUT2D eigenvalue weighted by atomic mass is 32.2. The predicted octanol–water partition coefficient (Wildman–Crippen LogP) is 4.24. The molecule has 0 saturated heterocycles. The fourth-order valence-electron chi connectivity index (χ4n) is 3.04. The van der Waals surface area contributed by atoms with Crippen LogP contribution in [-0.2, 0) is 11.3 Å². The number of nitrogens with zero attached hydrogens (tertiary/aromatic N) is 4. The minimum Gasteiger partial charge on any atom is -0.325 e. The summed E-state index contributed by atoms with van der Waals surface area (Å²) in [6.45, 7) is 2.76. The molecule has 4 rings (SSSR count). The molecule has 0 bridgehead atoms. The first-order chi connectivity index (χ1) is 13.8. The molecule has 0 saturated carbocycles. The quantitative estimate of drug-likeness (QED) is 0.499. The smallest absolute Gasteiger partial charge is 0.234 e. The maximum Gasteiger partial charge on any atom is 0.234 e. The number of carbonyl (C=O) groups excluding carboxylic acids is 1. The van der Waals surface area contributed by atoms with Crippen LogP contribution < -0.4 is 5.32 Å². The topological polar surface area (TPSA) is 72.7 Å². The van der Waals surface area contributed by atoms with Gasteiger partial charge in [-0.15, -0.1) is 10.2 Å². The van der Waals surface area contributed by atoms with Crippen LogP contribution in [0.3, 0.4) is 0 Å². The third-order valence-corrected chi connectivity index (χ3v) is 5.31. The first-order valence-corrected chi connectivity index (χ1v) is 9.99. The minimum atomic E-state index is -0.0715. The van der Waals surface area contributed by atoms with Gasteiger partial charge in [-0.05, 0) is 30.5 Å². The second kappa shape index (κ2) is 8.22. The summed E-state index contributed by atoms with van der Waals surface area (Å²) in [6.07, 6.45) is 3.63. The van der Waals surface area contributed by atoms with Crippen LogP contribution in [0, 0.1) is 0 Å². The van der Waals surface area contributed by atoms with Gasteiger partial charge in [0, 0.05) is 35.6 Å². The molecule has 2 aromatic carbocycles. The number of anilines is 1. The van der Waals surface area contributed by atoms with Crippen molar-refractivity contribution in [2.75, 3.05) is 11.1 Å². The number of rotatable bonds is 6. The lowest BCUT2D eigenvalue weighted by Gasteiger charge is -2.09. The lowest BCUT2D eigenvalue weighted by atomic mass is 10.1. The first-order valence-electron chi connectivity index (χ1n) is 9.00. The summed E-state index contributed by atoms with van der Waals surface area (Å²) in [4.78, 5) is 16.5. The third-order valence-electron chi connectivity index (χ3n) is 4.35. The number of hydrogen-bond donors (Lipinski definition) is 1. The summed E-state index contributed by atoms with van der Waals surface area (Å²) in [5.41, 5.74) is 1.77. The lowest BCUT2D eigenvalue weighted by molar-refractivity contribution is -0.113. The molecule has 2 heterocycles. The van der Waals surface area contributed by atoms with Gasteiger partial charge in [0.1, 0.15) is 0 Å². The number of pyridine rings is 1. The van der Waals surface area contributed by atoms with Gasteiger partial charge in [0.15, 0.2) is 11.0 Å². The molecule has 0 fully saturated rings. The van der Waals surface area contributed by atoms with Gasteiger partial charge in [0.05, 0.1) is 5.75 Å². The van der Waals surface area contributed by atoms with Crippen molar-refractivity contribution in [1.82, 2.24) is 19.7 Å². The second-order valence-electron chi connectivity index (χ2n) is 6.16. The normalized spacial score (nSPS) is 10.9. The van der Waals surface area contributed by atoms with Crippen LogP contribution in [-0.4, -0.2) is 31.4 Å². The van der Waals surface area contributed by atoms with Crippen molar-refractivity contribution < 1.29 is 4.79 Å². The molecule has 0 atom stereocenters. The highest BCUT2D eigenvalue weighted by Gasteiger charge is 2.16. The van der Waals surface area contributed by atoms with Gasteiger partial charge >= 0.3 is 0 Å². The van der Waals surface area contributed by atoms with E-state index in [1.54, 1.807) is 6.20 Å². The molecular weight excluding hydrogens is 370 g/mol. The third kappa shape index (κ3) is 3.75. The van der Waals surface area contributed by atoms with E-state index in [1.807, 2.05) is 66.2 Å². The van der Waals surface area contributed by atoms with E-state index in [0.717, 1.165) is 33.0 Å². The molecule has 0 radical (unpaired) electrons. The Morgan fingerprint density at radius 3 is 2.75 bits per heavy atom. The van der Waals surface area contributed by atoms with Gasteiger partial charge in [-0.2, -0.15) is 0 Å². The maximum atomic E-state index is 12.2. The van der Waals surface area contributed by atoms with Crippen LogP contribution in [0.25, 0.3) is 22.2 Å². The number of para-hydroxylation sites is 1. The average molecular weight is 389 g/mol. The number of nitrogens with one attached hydrogen (secondary N) is 1. The molecule has 140 valence electrons. The summed E-state index contributed by atoms with van der Waals surface area (Å²) in [5, 5.41) is 14.5. The molecule has 0 aliphatic heterocycles. The minimum absolute atomic E-state index is 0.0715. The van der Waals surface area contributed by atoms with Crippen molar-refractivity contribution in [1.29, 1.82) is 0 Å². The number of fused-ring (bicyclic) bond motifs is 1. The summed E-state index contributed by atoms with van der Waals surface area (Å²) >= 11 is 1.38. The maximum absolute atomic E-state index is 12.2. The second-order valence-corrected chi connectivity index (χ2v) is 7.10. The zero-order valence-electron chi connectivity index (χ0n) is 15.4. The van der Waals surface area contributed by atoms with E-state index in [9.17, 15) is 4.79 Å². The standard InChI is InChI=1S/C21H19N5OS/c1-2-26-20(17-10-6-7-15-11-12-22-13-18(15)17)24-25-21(26)28-14-19(27)23-16-8-4-3-5-9-16/h3-13H,2,14H2,1H3,(H,23,27). The van der Waals surface area contributed by atoms with E-state index in [-0.39, 0.29) is 11.7 Å². The highest BCUT2D eigenvalue weighted by Crippen LogP contribution is 2.29. The number of amides is 1. The Bertz CT molecular complexity index is 1100. The molecule has 28 heavy (non-hydrogen) atoms. The number of hydrogen-bond acceptors (Lipinski definition) is 5. The van der Waals surface area contributed by atoms with E-state index in [1.165, 1.54) is 11.8 Å². The van der Waals surface area contributed by atoms with Gasteiger partial charge in [0.2, 0.25) is 5.91 Å². The Hall–Kier alpha value is -3.19. The molecule has 2 aromatic heterocycles. The summed E-state index contributed by atoms with van der Waals surface area (Å²) in [6, 6.07) is 17.5. The number of aromatic nitrogens is 4. The van der Waals surface area contributed by atoms with Crippen molar-refractivity contribution in [3.8, 4) is 11.4 Å². The zero-order valence-corrected chi connectivity index (χ0v) is 16.2. The largest absolute Gasteiger partial charge is 0.325 e. The van der Waals surface area contributed by atoms with Crippen LogP contribution in [0.1, 0.15) is 6.92 Å². The van der Waals surface area contributed by atoms with E-state index in [0.29, 0.717) is 6.54 Å². The molecule has 1 N–H and O–H groups in total. The summed E-state index contributed by atoms with van der Waals surface area (Å²) in [5.74, 6) is 0.981. The highest BCUT2D eigenvalue weighted by molar-refractivity contribution is 7.99. The summed E-state index contributed by atoms with van der Waals surface area (Å²) in [7, 11) is 0. The Morgan fingerprint density at radius 2 is 1.93 bits per heavy atom. The van der Waals surface area contributed by atoms with Gasteiger partial charge in [0.25, 0.3) is 0 Å². The molecule has 0 spiro atoms. The monoisotopic (exact) mass is 389 g/mol. The van der Waals surface area contributed by atoms with E-state index in [2.05, 4.69) is 26.6 Å². The van der Waals surface area contributed by atoms with E-state index < -0.39 is 0 Å². The molecule has 1 amide bonds. The van der Waals surface area contributed by atoms with Gasteiger partial charge in [-0.3, -0.25) is 9.78 Å². The van der Waals surface area contributed by atoms with E-state index in [4.69, 9.17) is 0 Å². The van der Waals surface area contributed by atoms with Crippen molar-refractivity contribution >= 4 is 34.1 Å². The number of thioether (sulfide) groups is 1. The fourth-order valence-corrected chi connectivity index (χ4v) is 3.84. The van der Waals surface area contributed by atoms with Gasteiger partial charge in [-0.25, -0.2) is 0 Å². The Morgan fingerprint density at radius 1 is 1.07 bits per heavy atom. The van der Waals surface area contributed by atoms with Crippen LogP contribution >= 0.6 is 11.8 Å². The SMILES string of the molecule is CCn1c(SCC(=O)Nc2ccccc2)nnc1-c1cccc2ccncc12. The summed E-state index contributed by atoms with van der Waals surface area (Å²) < 4.78 is 2.03. The van der Waals surface area contributed by atoms with Gasteiger partial charge < -0.3 is 9.88 Å². The molecule has 4 aromatic rings. The van der Waals surface area contributed by atoms with Gasteiger partial charge in [-0.1, -0.05) is 48.2 Å². The van der Waals surface area contributed by atoms with Crippen LogP contribution in [0.4, 0.5) is 5.69 Å². The fraction of sp³-hybridized carbons (Fsp3) is 0.143. The van der Waals surface area contributed by atoms with Crippen molar-refractivity contribution in [2.45, 2.75) is 18.6 Å². The number of carbonyl (C=O) groups is 1. The average Bonchev–Trinajstić information content (AvgIpc) is 3.15. The zero-order chi connectivity index (χ0) is 19.3. The van der Waals surface area contributed by atoms with Crippen molar-refractivity contribution in [2.24, 2.45) is 0 Å². The molecular formula is C21H19N5OS. The molecule has 7 heteroatoms. The molecule has 6 nitrogen and oxygen atoms in total. The van der Waals surface area contributed by atoms with Crippen LogP contribution in [0.15, 0.2) is 72.1 Å². The van der Waals surface area contributed by atoms with Crippen LogP contribution in [0.2, 0.25) is 0 Å². The first kappa shape index (κ1) is 18.2. The lowest BCUT2D eigenvalue weighted by Crippen LogP contribution is -2.14.